The van der Waals surface area contributed by atoms with Gasteiger partial charge in [-0.15, -0.1) is 0 Å². The Morgan fingerprint density at radius 1 is 1.53 bits per heavy atom. The number of benzene rings is 1. The van der Waals surface area contributed by atoms with Crippen molar-refractivity contribution in [1.29, 1.82) is 0 Å². The number of rotatable bonds is 4. The summed E-state index contributed by atoms with van der Waals surface area (Å²) in [7, 11) is 0. The standard InChI is InChI=1S/C12H12NO2/c1-8(2)12(15)10-6-4-3-5-9(10)11(14)7-13/h3-4,6H,1,7,13H2,2H3. The molecule has 0 aliphatic carbocycles. The van der Waals surface area contributed by atoms with Gasteiger partial charge in [0.1, 0.15) is 0 Å². The van der Waals surface area contributed by atoms with Crippen LogP contribution in [0.5, 0.6) is 0 Å². The first-order valence-corrected chi connectivity index (χ1v) is 4.52. The molecule has 0 aromatic heterocycles. The first kappa shape index (κ1) is 11.3. The molecule has 0 unspecified atom stereocenters. The minimum Gasteiger partial charge on any atom is -0.324 e. The van der Waals surface area contributed by atoms with Crippen LogP contribution in [0.25, 0.3) is 0 Å². The summed E-state index contributed by atoms with van der Waals surface area (Å²) in [5.74, 6) is -0.538. The molecule has 1 aromatic rings. The van der Waals surface area contributed by atoms with E-state index in [9.17, 15) is 9.59 Å². The molecular weight excluding hydrogens is 190 g/mol. The minimum atomic E-state index is -0.291. The van der Waals surface area contributed by atoms with E-state index in [0.717, 1.165) is 0 Å². The number of hydrogen-bond acceptors (Lipinski definition) is 3. The summed E-state index contributed by atoms with van der Waals surface area (Å²) in [5, 5.41) is 0. The van der Waals surface area contributed by atoms with E-state index in [-0.39, 0.29) is 23.7 Å². The summed E-state index contributed by atoms with van der Waals surface area (Å²) in [6.07, 6.45) is 0. The molecule has 0 atom stereocenters. The molecule has 0 spiro atoms. The molecule has 0 amide bonds. The average Bonchev–Trinajstić information content (AvgIpc) is 2.27. The van der Waals surface area contributed by atoms with E-state index in [1.54, 1.807) is 25.1 Å². The molecule has 0 saturated heterocycles. The third-order valence-corrected chi connectivity index (χ3v) is 1.95. The molecule has 0 heterocycles. The Hall–Kier alpha value is -1.74. The molecule has 0 fully saturated rings. The number of carbonyl (C=O) groups is 2. The van der Waals surface area contributed by atoms with Gasteiger partial charge in [0.25, 0.3) is 0 Å². The highest BCUT2D eigenvalue weighted by atomic mass is 16.1. The van der Waals surface area contributed by atoms with Gasteiger partial charge in [-0.25, -0.2) is 0 Å². The van der Waals surface area contributed by atoms with Crippen LogP contribution in [0.3, 0.4) is 0 Å². The van der Waals surface area contributed by atoms with Crippen LogP contribution in [-0.2, 0) is 0 Å². The lowest BCUT2D eigenvalue weighted by molar-refractivity contribution is 0.0981. The molecule has 1 rings (SSSR count). The number of nitrogens with two attached hydrogens (primary N) is 1. The largest absolute Gasteiger partial charge is 0.324 e. The topological polar surface area (TPSA) is 60.2 Å². The van der Waals surface area contributed by atoms with Gasteiger partial charge in [-0.2, -0.15) is 0 Å². The molecule has 15 heavy (non-hydrogen) atoms. The Morgan fingerprint density at radius 2 is 2.20 bits per heavy atom. The average molecular weight is 202 g/mol. The Kier molecular flexibility index (Phi) is 3.52. The number of ketones is 2. The lowest BCUT2D eigenvalue weighted by Gasteiger charge is -2.05. The molecule has 3 nitrogen and oxygen atoms in total. The van der Waals surface area contributed by atoms with E-state index in [1.807, 2.05) is 0 Å². The van der Waals surface area contributed by atoms with Crippen molar-refractivity contribution in [2.45, 2.75) is 6.92 Å². The number of Topliss-reactive ketones (excluding diaryl/α,β-unsaturated/α-hetero) is 2. The summed E-state index contributed by atoms with van der Waals surface area (Å²) >= 11 is 0. The maximum absolute atomic E-state index is 11.7. The first-order chi connectivity index (χ1) is 7.07. The van der Waals surface area contributed by atoms with Crippen molar-refractivity contribution in [1.82, 2.24) is 0 Å². The Morgan fingerprint density at radius 3 is 2.73 bits per heavy atom. The fraction of sp³-hybridized carbons (Fsp3) is 0.167. The van der Waals surface area contributed by atoms with Crippen molar-refractivity contribution >= 4 is 11.6 Å². The van der Waals surface area contributed by atoms with Crippen LogP contribution in [0.2, 0.25) is 0 Å². The monoisotopic (exact) mass is 202 g/mol. The lowest BCUT2D eigenvalue weighted by Crippen LogP contribution is -2.17. The van der Waals surface area contributed by atoms with E-state index in [0.29, 0.717) is 11.1 Å². The van der Waals surface area contributed by atoms with Crippen LogP contribution in [0, 0.1) is 6.07 Å². The maximum atomic E-state index is 11.7. The van der Waals surface area contributed by atoms with Gasteiger partial charge in [0.2, 0.25) is 0 Å². The van der Waals surface area contributed by atoms with E-state index in [2.05, 4.69) is 12.6 Å². The number of carbonyl (C=O) groups excluding carboxylic acids is 2. The molecule has 77 valence electrons. The molecule has 2 N–H and O–H groups in total. The number of allylic oxidation sites excluding steroid dienone is 1. The summed E-state index contributed by atoms with van der Waals surface area (Å²) in [6.45, 7) is 5.03. The van der Waals surface area contributed by atoms with Gasteiger partial charge in [0, 0.05) is 11.1 Å². The summed E-state index contributed by atoms with van der Waals surface area (Å²) in [4.78, 5) is 23.1. The van der Waals surface area contributed by atoms with E-state index >= 15 is 0 Å². The Balaban J connectivity index is 3.23. The Labute approximate surface area is 88.6 Å². The third kappa shape index (κ3) is 2.39. The second-order valence-corrected chi connectivity index (χ2v) is 3.20. The molecule has 0 aliphatic rings. The van der Waals surface area contributed by atoms with Crippen molar-refractivity contribution in [3.63, 3.8) is 0 Å². The summed E-state index contributed by atoms with van der Waals surface area (Å²) in [6, 6.07) is 7.55. The molecule has 3 heteroatoms. The van der Waals surface area contributed by atoms with E-state index in [1.165, 1.54) is 0 Å². The molecule has 0 aliphatic heterocycles. The zero-order valence-corrected chi connectivity index (χ0v) is 8.54. The highest BCUT2D eigenvalue weighted by molar-refractivity contribution is 6.15. The predicted molar refractivity (Wildman–Crippen MR) is 57.8 cm³/mol. The van der Waals surface area contributed by atoms with Crippen molar-refractivity contribution in [3.8, 4) is 0 Å². The van der Waals surface area contributed by atoms with E-state index < -0.39 is 0 Å². The second kappa shape index (κ2) is 4.66. The van der Waals surface area contributed by atoms with Gasteiger partial charge in [-0.1, -0.05) is 24.8 Å². The van der Waals surface area contributed by atoms with Gasteiger partial charge in [-0.05, 0) is 18.6 Å². The molecule has 0 bridgehead atoms. The van der Waals surface area contributed by atoms with Crippen molar-refractivity contribution < 1.29 is 9.59 Å². The van der Waals surface area contributed by atoms with Crippen LogP contribution >= 0.6 is 0 Å². The van der Waals surface area contributed by atoms with Crippen LogP contribution in [0.15, 0.2) is 30.4 Å². The minimum absolute atomic E-state index is 0.128. The first-order valence-electron chi connectivity index (χ1n) is 4.52. The van der Waals surface area contributed by atoms with Crippen LogP contribution < -0.4 is 5.73 Å². The highest BCUT2D eigenvalue weighted by Crippen LogP contribution is 2.12. The molecule has 1 aromatic carbocycles. The highest BCUT2D eigenvalue weighted by Gasteiger charge is 2.15. The zero-order chi connectivity index (χ0) is 11.4. The normalized spacial score (nSPS) is 9.73. The Bertz CT molecular complexity index is 421. The smallest absolute Gasteiger partial charge is 0.188 e. The molecule has 1 radical (unpaired) electrons. The van der Waals surface area contributed by atoms with Crippen molar-refractivity contribution in [2.75, 3.05) is 6.54 Å². The second-order valence-electron chi connectivity index (χ2n) is 3.20. The SMILES string of the molecule is C=C(C)C(=O)c1ccc[c]c1C(=O)CN. The van der Waals surface area contributed by atoms with Crippen LogP contribution in [0.4, 0.5) is 0 Å². The summed E-state index contributed by atoms with van der Waals surface area (Å²) < 4.78 is 0. The molecular formula is C12H12NO2. The predicted octanol–water partition coefficient (Wildman–Crippen LogP) is 1.39. The van der Waals surface area contributed by atoms with Crippen molar-refractivity contribution in [2.24, 2.45) is 5.73 Å². The van der Waals surface area contributed by atoms with Gasteiger partial charge in [0.15, 0.2) is 11.6 Å². The van der Waals surface area contributed by atoms with Crippen LogP contribution in [0.1, 0.15) is 27.6 Å². The number of hydrogen-bond donors (Lipinski definition) is 1. The zero-order valence-electron chi connectivity index (χ0n) is 8.54. The van der Waals surface area contributed by atoms with Gasteiger partial charge >= 0.3 is 0 Å². The van der Waals surface area contributed by atoms with Crippen molar-refractivity contribution in [3.05, 3.63) is 47.5 Å². The fourth-order valence-electron chi connectivity index (χ4n) is 1.19. The van der Waals surface area contributed by atoms with Gasteiger partial charge in [0.05, 0.1) is 6.54 Å². The fourth-order valence-corrected chi connectivity index (χ4v) is 1.19. The lowest BCUT2D eigenvalue weighted by atomic mass is 9.97. The van der Waals surface area contributed by atoms with Gasteiger partial charge < -0.3 is 5.73 Å². The maximum Gasteiger partial charge on any atom is 0.188 e. The molecule has 0 saturated carbocycles. The third-order valence-electron chi connectivity index (χ3n) is 1.95. The van der Waals surface area contributed by atoms with Gasteiger partial charge in [-0.3, -0.25) is 9.59 Å². The van der Waals surface area contributed by atoms with E-state index in [4.69, 9.17) is 5.73 Å². The quantitative estimate of drug-likeness (QED) is 0.592. The summed E-state index contributed by atoms with van der Waals surface area (Å²) in [5.41, 5.74) is 6.20. The van der Waals surface area contributed by atoms with Crippen LogP contribution in [-0.4, -0.2) is 18.1 Å².